The number of nitro benzene ring substituents is 1. The topological polar surface area (TPSA) is 78.7 Å². The van der Waals surface area contributed by atoms with Crippen molar-refractivity contribution in [3.63, 3.8) is 0 Å². The molecule has 1 N–H and O–H groups in total. The van der Waals surface area contributed by atoms with Crippen LogP contribution in [0.1, 0.15) is 22.3 Å². The van der Waals surface area contributed by atoms with Crippen LogP contribution < -0.4 is 10.2 Å². The third-order valence-corrected chi connectivity index (χ3v) is 5.50. The van der Waals surface area contributed by atoms with E-state index in [1.807, 2.05) is 24.3 Å². The van der Waals surface area contributed by atoms with Gasteiger partial charge in [0.15, 0.2) is 0 Å². The Labute approximate surface area is 175 Å². The number of piperazine rings is 1. The second kappa shape index (κ2) is 9.71. The van der Waals surface area contributed by atoms with Crippen molar-refractivity contribution in [2.75, 3.05) is 44.2 Å². The number of nitrogens with one attached hydrogen (secondary N) is 1. The summed E-state index contributed by atoms with van der Waals surface area (Å²) in [4.78, 5) is 27.6. The lowest BCUT2D eigenvalue weighted by molar-refractivity contribution is -0.385. The summed E-state index contributed by atoms with van der Waals surface area (Å²) in [6.45, 7) is 6.91. The second-order valence-electron chi connectivity index (χ2n) is 7.12. The lowest BCUT2D eigenvalue weighted by atomic mass is 10.1. The highest BCUT2D eigenvalue weighted by atomic mass is 35.5. The molecule has 1 saturated heterocycles. The van der Waals surface area contributed by atoms with Crippen LogP contribution in [0.15, 0.2) is 42.5 Å². The summed E-state index contributed by atoms with van der Waals surface area (Å²) in [7, 11) is 0. The SMILES string of the molecule is Cc1c(C(=O)NCCCN2CCN(c3ccc(Cl)cc3)CC2)cccc1[N+](=O)[O-]. The zero-order chi connectivity index (χ0) is 20.8. The zero-order valence-electron chi connectivity index (χ0n) is 16.4. The van der Waals surface area contributed by atoms with Gasteiger partial charge in [0.2, 0.25) is 0 Å². The molecule has 0 atom stereocenters. The van der Waals surface area contributed by atoms with Crippen LogP contribution in [0.3, 0.4) is 0 Å². The predicted molar refractivity (Wildman–Crippen MR) is 115 cm³/mol. The molecular weight excluding hydrogens is 392 g/mol. The molecule has 0 unspecified atom stereocenters. The van der Waals surface area contributed by atoms with Crippen molar-refractivity contribution < 1.29 is 9.72 Å². The largest absolute Gasteiger partial charge is 0.369 e. The van der Waals surface area contributed by atoms with E-state index in [4.69, 9.17) is 11.6 Å². The van der Waals surface area contributed by atoms with Gasteiger partial charge in [-0.05, 0) is 50.2 Å². The van der Waals surface area contributed by atoms with E-state index in [-0.39, 0.29) is 11.6 Å². The minimum atomic E-state index is -0.463. The maximum Gasteiger partial charge on any atom is 0.273 e. The fourth-order valence-corrected chi connectivity index (χ4v) is 3.67. The monoisotopic (exact) mass is 416 g/mol. The van der Waals surface area contributed by atoms with Crippen LogP contribution in [0.5, 0.6) is 0 Å². The van der Waals surface area contributed by atoms with E-state index in [0.717, 1.165) is 44.2 Å². The number of halogens is 1. The number of amides is 1. The summed E-state index contributed by atoms with van der Waals surface area (Å²) < 4.78 is 0. The number of nitrogens with zero attached hydrogens (tertiary/aromatic N) is 3. The van der Waals surface area contributed by atoms with Gasteiger partial charge in [-0.1, -0.05) is 17.7 Å². The van der Waals surface area contributed by atoms with Gasteiger partial charge in [0.05, 0.1) is 4.92 Å². The molecule has 0 aliphatic carbocycles. The number of hydrogen-bond acceptors (Lipinski definition) is 5. The van der Waals surface area contributed by atoms with Gasteiger partial charge in [-0.25, -0.2) is 0 Å². The van der Waals surface area contributed by atoms with Crippen molar-refractivity contribution in [2.45, 2.75) is 13.3 Å². The van der Waals surface area contributed by atoms with Crippen molar-refractivity contribution in [1.29, 1.82) is 0 Å². The van der Waals surface area contributed by atoms with Crippen molar-refractivity contribution in [2.24, 2.45) is 0 Å². The fraction of sp³-hybridized carbons (Fsp3) is 0.381. The first-order chi connectivity index (χ1) is 14.0. The predicted octanol–water partition coefficient (Wildman–Crippen LogP) is 3.50. The average molecular weight is 417 g/mol. The van der Waals surface area contributed by atoms with Crippen molar-refractivity contribution in [3.05, 3.63) is 68.7 Å². The van der Waals surface area contributed by atoms with Crippen LogP contribution in [0.25, 0.3) is 0 Å². The Bertz CT molecular complexity index is 865. The van der Waals surface area contributed by atoms with Gasteiger partial charge in [0.25, 0.3) is 11.6 Å². The lowest BCUT2D eigenvalue weighted by Gasteiger charge is -2.36. The summed E-state index contributed by atoms with van der Waals surface area (Å²) in [5.41, 5.74) is 1.91. The van der Waals surface area contributed by atoms with Crippen LogP contribution in [-0.4, -0.2) is 55.0 Å². The molecule has 0 aromatic heterocycles. The number of benzene rings is 2. The molecule has 3 rings (SSSR count). The van der Waals surface area contributed by atoms with Gasteiger partial charge < -0.3 is 10.2 Å². The molecule has 1 aliphatic rings. The van der Waals surface area contributed by atoms with E-state index in [9.17, 15) is 14.9 Å². The summed E-state index contributed by atoms with van der Waals surface area (Å²) >= 11 is 5.95. The molecule has 2 aromatic rings. The molecule has 154 valence electrons. The van der Waals surface area contributed by atoms with Crippen molar-refractivity contribution in [3.8, 4) is 0 Å². The van der Waals surface area contributed by atoms with E-state index in [1.54, 1.807) is 19.1 Å². The summed E-state index contributed by atoms with van der Waals surface area (Å²) in [5.74, 6) is -0.265. The molecule has 1 aliphatic heterocycles. The van der Waals surface area contributed by atoms with E-state index in [0.29, 0.717) is 17.7 Å². The summed E-state index contributed by atoms with van der Waals surface area (Å²) in [6.07, 6.45) is 0.834. The van der Waals surface area contributed by atoms with Crippen LogP contribution in [-0.2, 0) is 0 Å². The quantitative estimate of drug-likeness (QED) is 0.424. The van der Waals surface area contributed by atoms with Crippen molar-refractivity contribution in [1.82, 2.24) is 10.2 Å². The molecule has 1 amide bonds. The maximum absolute atomic E-state index is 12.4. The molecule has 2 aromatic carbocycles. The van der Waals surface area contributed by atoms with Gasteiger partial charge in [-0.15, -0.1) is 0 Å². The smallest absolute Gasteiger partial charge is 0.273 e. The summed E-state index contributed by atoms with van der Waals surface area (Å²) in [6, 6.07) is 12.5. The highest BCUT2D eigenvalue weighted by molar-refractivity contribution is 6.30. The van der Waals surface area contributed by atoms with Crippen LogP contribution in [0.4, 0.5) is 11.4 Å². The molecular formula is C21H25ClN4O3. The number of nitro groups is 1. The number of carbonyl (C=O) groups excluding carboxylic acids is 1. The van der Waals surface area contributed by atoms with E-state index < -0.39 is 4.92 Å². The standard InChI is InChI=1S/C21H25ClN4O3/c1-16-19(4-2-5-20(16)26(28)29)21(27)23-10-3-11-24-12-14-25(15-13-24)18-8-6-17(22)7-9-18/h2,4-9H,3,10-15H2,1H3,(H,23,27). The Hall–Kier alpha value is -2.64. The Morgan fingerprint density at radius 3 is 2.48 bits per heavy atom. The number of anilines is 1. The molecule has 0 bridgehead atoms. The molecule has 0 radical (unpaired) electrons. The molecule has 0 spiro atoms. The number of rotatable bonds is 7. The van der Waals surface area contributed by atoms with Gasteiger partial charge in [-0.2, -0.15) is 0 Å². The Morgan fingerprint density at radius 1 is 1.14 bits per heavy atom. The highest BCUT2D eigenvalue weighted by Gasteiger charge is 2.19. The average Bonchev–Trinajstić information content (AvgIpc) is 2.72. The number of carbonyl (C=O) groups is 1. The van der Waals surface area contributed by atoms with E-state index in [1.165, 1.54) is 11.8 Å². The molecule has 0 saturated carbocycles. The van der Waals surface area contributed by atoms with Crippen molar-refractivity contribution >= 4 is 28.9 Å². The Morgan fingerprint density at radius 2 is 1.83 bits per heavy atom. The third kappa shape index (κ3) is 5.46. The molecule has 29 heavy (non-hydrogen) atoms. The minimum Gasteiger partial charge on any atom is -0.369 e. The molecule has 8 heteroatoms. The first-order valence-corrected chi connectivity index (χ1v) is 10.1. The van der Waals surface area contributed by atoms with Gasteiger partial charge in [-0.3, -0.25) is 19.8 Å². The normalized spacial score (nSPS) is 14.6. The second-order valence-corrected chi connectivity index (χ2v) is 7.56. The Balaban J connectivity index is 1.40. The van der Waals surface area contributed by atoms with Gasteiger partial charge in [0.1, 0.15) is 0 Å². The van der Waals surface area contributed by atoms with E-state index >= 15 is 0 Å². The number of hydrogen-bond donors (Lipinski definition) is 1. The summed E-state index contributed by atoms with van der Waals surface area (Å²) in [5, 5.41) is 14.6. The van der Waals surface area contributed by atoms with Crippen LogP contribution in [0.2, 0.25) is 5.02 Å². The van der Waals surface area contributed by atoms with E-state index in [2.05, 4.69) is 15.1 Å². The van der Waals surface area contributed by atoms with Crippen LogP contribution in [0, 0.1) is 17.0 Å². The minimum absolute atomic E-state index is 0.0313. The molecule has 7 nitrogen and oxygen atoms in total. The lowest BCUT2D eigenvalue weighted by Crippen LogP contribution is -2.47. The zero-order valence-corrected chi connectivity index (χ0v) is 17.2. The van der Waals surface area contributed by atoms with Gasteiger partial charge in [0, 0.05) is 60.6 Å². The Kier molecular flexibility index (Phi) is 7.06. The maximum atomic E-state index is 12.4. The third-order valence-electron chi connectivity index (χ3n) is 5.25. The first-order valence-electron chi connectivity index (χ1n) is 9.71. The molecule has 1 heterocycles. The highest BCUT2D eigenvalue weighted by Crippen LogP contribution is 2.21. The van der Waals surface area contributed by atoms with Crippen LogP contribution >= 0.6 is 11.6 Å². The first kappa shape index (κ1) is 21.1. The van der Waals surface area contributed by atoms with Gasteiger partial charge >= 0.3 is 0 Å². The molecule has 1 fully saturated rings. The fourth-order valence-electron chi connectivity index (χ4n) is 3.55.